The minimum Gasteiger partial charge on any atom is -0.508 e. The second kappa shape index (κ2) is 12.1. The zero-order valence-electron chi connectivity index (χ0n) is 16.8. The highest BCUT2D eigenvalue weighted by molar-refractivity contribution is 5.93. The number of amides is 3. The number of carbonyl (C=O) groups excluding carboxylic acids is 3. The number of nitrogens with two attached hydrogens (primary N) is 1. The molecule has 1 aromatic carbocycles. The lowest BCUT2D eigenvalue weighted by atomic mass is 10.0. The molecular formula is C19H26N4O8. The van der Waals surface area contributed by atoms with E-state index in [0.717, 1.165) is 0 Å². The first-order chi connectivity index (χ1) is 14.5. The molecule has 0 saturated carbocycles. The molecule has 0 heterocycles. The zero-order chi connectivity index (χ0) is 23.6. The van der Waals surface area contributed by atoms with E-state index in [1.165, 1.54) is 31.2 Å². The first-order valence-electron chi connectivity index (χ1n) is 9.35. The number of aromatic hydroxyl groups is 1. The Morgan fingerprint density at radius 1 is 0.903 bits per heavy atom. The minimum absolute atomic E-state index is 0.00698. The predicted molar refractivity (Wildman–Crippen MR) is 107 cm³/mol. The molecule has 12 nitrogen and oxygen atoms in total. The van der Waals surface area contributed by atoms with Gasteiger partial charge in [0.1, 0.15) is 24.4 Å². The molecule has 0 fully saturated rings. The fraction of sp³-hybridized carbons (Fsp3) is 0.421. The fourth-order valence-electron chi connectivity index (χ4n) is 2.48. The van der Waals surface area contributed by atoms with E-state index >= 15 is 0 Å². The molecule has 12 heteroatoms. The second-order valence-electron chi connectivity index (χ2n) is 6.83. The minimum atomic E-state index is -1.34. The van der Waals surface area contributed by atoms with Crippen molar-refractivity contribution >= 4 is 29.7 Å². The summed E-state index contributed by atoms with van der Waals surface area (Å²) in [6.45, 7) is 0.705. The smallest absolute Gasteiger partial charge is 0.322 e. The number of aliphatic carboxylic acids is 2. The van der Waals surface area contributed by atoms with Gasteiger partial charge >= 0.3 is 11.9 Å². The summed E-state index contributed by atoms with van der Waals surface area (Å²) in [5.74, 6) is -4.81. The highest BCUT2D eigenvalue weighted by atomic mass is 16.4. The van der Waals surface area contributed by atoms with Gasteiger partial charge < -0.3 is 37.0 Å². The number of hydrogen-bond acceptors (Lipinski definition) is 7. The number of nitrogens with one attached hydrogen (secondary N) is 3. The van der Waals surface area contributed by atoms with Gasteiger partial charge in [-0.3, -0.25) is 24.0 Å². The van der Waals surface area contributed by atoms with Crippen molar-refractivity contribution in [2.24, 2.45) is 5.73 Å². The van der Waals surface area contributed by atoms with E-state index in [2.05, 4.69) is 16.0 Å². The monoisotopic (exact) mass is 438 g/mol. The van der Waals surface area contributed by atoms with E-state index in [1.54, 1.807) is 0 Å². The molecule has 8 N–H and O–H groups in total. The maximum Gasteiger partial charge on any atom is 0.322 e. The maximum absolute atomic E-state index is 12.8. The molecule has 0 saturated heterocycles. The van der Waals surface area contributed by atoms with Crippen LogP contribution >= 0.6 is 0 Å². The molecule has 0 aliphatic heterocycles. The molecule has 0 bridgehead atoms. The van der Waals surface area contributed by atoms with Crippen LogP contribution in [-0.4, -0.2) is 69.7 Å². The molecule has 170 valence electrons. The third-order valence-electron chi connectivity index (χ3n) is 4.12. The number of carboxylic acid groups (broad SMARTS) is 2. The van der Waals surface area contributed by atoms with Crippen molar-refractivity contribution in [1.29, 1.82) is 0 Å². The van der Waals surface area contributed by atoms with Gasteiger partial charge in [-0.1, -0.05) is 12.1 Å². The fourth-order valence-corrected chi connectivity index (χ4v) is 2.48. The Hall–Kier alpha value is -3.67. The summed E-state index contributed by atoms with van der Waals surface area (Å²) in [5.41, 5.74) is 6.12. The first-order valence-corrected chi connectivity index (χ1v) is 9.35. The van der Waals surface area contributed by atoms with Gasteiger partial charge in [0.2, 0.25) is 17.7 Å². The van der Waals surface area contributed by atoms with Gasteiger partial charge in [-0.25, -0.2) is 0 Å². The highest BCUT2D eigenvalue weighted by Gasteiger charge is 2.28. The van der Waals surface area contributed by atoms with E-state index in [4.69, 9.17) is 15.9 Å². The molecule has 0 spiro atoms. The van der Waals surface area contributed by atoms with Crippen LogP contribution in [0.25, 0.3) is 0 Å². The molecule has 0 aliphatic rings. The summed E-state index contributed by atoms with van der Waals surface area (Å²) in [6, 6.07) is 2.45. The van der Waals surface area contributed by atoms with Crippen LogP contribution in [0.4, 0.5) is 0 Å². The quantitative estimate of drug-likeness (QED) is 0.198. The molecule has 1 aromatic rings. The van der Waals surface area contributed by atoms with Crippen LogP contribution in [0.1, 0.15) is 25.3 Å². The van der Waals surface area contributed by atoms with Crippen molar-refractivity contribution in [1.82, 2.24) is 16.0 Å². The maximum atomic E-state index is 12.8. The Morgan fingerprint density at radius 3 is 2.00 bits per heavy atom. The van der Waals surface area contributed by atoms with Gasteiger partial charge in [0.15, 0.2) is 0 Å². The van der Waals surface area contributed by atoms with E-state index in [-0.39, 0.29) is 18.6 Å². The lowest BCUT2D eigenvalue weighted by Gasteiger charge is -2.23. The molecule has 3 amide bonds. The van der Waals surface area contributed by atoms with Gasteiger partial charge in [0, 0.05) is 12.8 Å². The van der Waals surface area contributed by atoms with Crippen LogP contribution in [0.3, 0.4) is 0 Å². The molecule has 31 heavy (non-hydrogen) atoms. The highest BCUT2D eigenvalue weighted by Crippen LogP contribution is 2.12. The topological polar surface area (TPSA) is 208 Å². The van der Waals surface area contributed by atoms with Gasteiger partial charge in [-0.2, -0.15) is 0 Å². The van der Waals surface area contributed by atoms with Crippen molar-refractivity contribution in [3.05, 3.63) is 29.8 Å². The van der Waals surface area contributed by atoms with E-state index in [9.17, 15) is 29.1 Å². The first kappa shape index (κ1) is 25.4. The number of benzene rings is 1. The summed E-state index contributed by atoms with van der Waals surface area (Å²) in [6.07, 6.45) is -0.757. The van der Waals surface area contributed by atoms with Crippen LogP contribution in [0.5, 0.6) is 5.75 Å². The number of carboxylic acids is 2. The number of rotatable bonds is 12. The second-order valence-corrected chi connectivity index (χ2v) is 6.83. The molecule has 3 atom stereocenters. The zero-order valence-corrected chi connectivity index (χ0v) is 16.8. The Balaban J connectivity index is 3.00. The third-order valence-corrected chi connectivity index (χ3v) is 4.12. The van der Waals surface area contributed by atoms with Crippen molar-refractivity contribution in [2.45, 2.75) is 44.3 Å². The van der Waals surface area contributed by atoms with Crippen LogP contribution in [0.2, 0.25) is 0 Å². The number of hydrogen-bond donors (Lipinski definition) is 7. The van der Waals surface area contributed by atoms with Crippen LogP contribution in [-0.2, 0) is 30.4 Å². The summed E-state index contributed by atoms with van der Waals surface area (Å²) in [5, 5.41) is 33.9. The molecule has 0 aromatic heterocycles. The van der Waals surface area contributed by atoms with Crippen LogP contribution in [0, 0.1) is 0 Å². The Morgan fingerprint density at radius 2 is 1.48 bits per heavy atom. The van der Waals surface area contributed by atoms with Gasteiger partial charge in [0.05, 0.1) is 6.04 Å². The van der Waals surface area contributed by atoms with Crippen molar-refractivity contribution in [3.8, 4) is 5.75 Å². The predicted octanol–water partition coefficient (Wildman–Crippen LogP) is -1.68. The molecule has 3 unspecified atom stereocenters. The van der Waals surface area contributed by atoms with E-state index in [0.29, 0.717) is 5.56 Å². The number of carbonyl (C=O) groups is 5. The van der Waals surface area contributed by atoms with Crippen molar-refractivity contribution < 1.29 is 39.3 Å². The number of phenols is 1. The molecule has 1 rings (SSSR count). The van der Waals surface area contributed by atoms with Crippen molar-refractivity contribution in [3.63, 3.8) is 0 Å². The SMILES string of the molecule is CC(N)C(=O)NC(Cc1ccc(O)cc1)C(=O)NC(CCC(=O)O)C(=O)NCC(=O)O. The molecular weight excluding hydrogens is 412 g/mol. The third kappa shape index (κ3) is 9.58. The summed E-state index contributed by atoms with van der Waals surface area (Å²) >= 11 is 0. The molecule has 0 aliphatic carbocycles. The van der Waals surface area contributed by atoms with Crippen molar-refractivity contribution in [2.75, 3.05) is 6.54 Å². The lowest BCUT2D eigenvalue weighted by molar-refractivity contribution is -0.140. The summed E-state index contributed by atoms with van der Waals surface area (Å²) in [7, 11) is 0. The Bertz CT molecular complexity index is 810. The lowest BCUT2D eigenvalue weighted by Crippen LogP contribution is -2.56. The standard InChI is InChI=1S/C19H26N4O8/c1-10(20)17(29)23-14(8-11-2-4-12(24)5-3-11)19(31)22-13(6-7-15(25)26)18(30)21-9-16(27)28/h2-5,10,13-14,24H,6-9,20H2,1H3,(H,21,30)(H,22,31)(H,23,29)(H,25,26)(H,27,28). The Labute approximate surface area is 177 Å². The normalized spacial score (nSPS) is 13.4. The van der Waals surface area contributed by atoms with Crippen LogP contribution < -0.4 is 21.7 Å². The summed E-state index contributed by atoms with van der Waals surface area (Å²) < 4.78 is 0. The number of phenolic OH excluding ortho intramolecular Hbond substituents is 1. The molecule has 0 radical (unpaired) electrons. The van der Waals surface area contributed by atoms with E-state index < -0.39 is 60.8 Å². The van der Waals surface area contributed by atoms with E-state index in [1.807, 2.05) is 0 Å². The average Bonchev–Trinajstić information content (AvgIpc) is 2.69. The van der Waals surface area contributed by atoms with Gasteiger partial charge in [-0.15, -0.1) is 0 Å². The Kier molecular flexibility index (Phi) is 9.92. The van der Waals surface area contributed by atoms with Crippen LogP contribution in [0.15, 0.2) is 24.3 Å². The largest absolute Gasteiger partial charge is 0.508 e. The van der Waals surface area contributed by atoms with Gasteiger partial charge in [-0.05, 0) is 31.0 Å². The summed E-state index contributed by atoms with van der Waals surface area (Å²) in [4.78, 5) is 58.6. The van der Waals surface area contributed by atoms with Gasteiger partial charge in [0.25, 0.3) is 0 Å². The average molecular weight is 438 g/mol.